The number of ether oxygens (including phenoxy) is 4. The molecule has 6 heterocycles. The standard InChI is InChI=1S/C49H59N7O8/c1-61-48(59)53-42(28-15-20-63-21-16-28)46(57)55-19-3-4-41(55)45-50-27-40(52-45)33-9-12-37-31(25-33)6-5-30-24-32(8-11-36(30)37)38-13-14-39(51-38)44-34-7-10-35(26-34)56(44)47(58)43(54-49(60)62-2)29-17-22-64-23-18-29/h8-9,11-14,24-25,27-29,34-35,41-44,51H,3-7,10,15-23,26H2,1-2H3,(H,50,52)(H,53,59)(H,54,60)/t34-,35+,41-,42-,43-,44-/m0/s1. The van der Waals surface area contributed by atoms with E-state index in [4.69, 9.17) is 23.9 Å². The number of methoxy groups -OCH3 is 2. The highest BCUT2D eigenvalue weighted by molar-refractivity contribution is 5.88. The number of aryl methyl sites for hydroxylation is 2. The highest BCUT2D eigenvalue weighted by Crippen LogP contribution is 2.51. The van der Waals surface area contributed by atoms with Crippen molar-refractivity contribution < 1.29 is 38.1 Å². The van der Waals surface area contributed by atoms with Crippen LogP contribution in [0.1, 0.15) is 92.5 Å². The number of nitrogens with zero attached hydrogens (tertiary/aromatic N) is 3. The van der Waals surface area contributed by atoms with Gasteiger partial charge in [-0.3, -0.25) is 9.59 Å². The van der Waals surface area contributed by atoms with Gasteiger partial charge in [-0.15, -0.1) is 0 Å². The molecule has 6 aliphatic rings. The summed E-state index contributed by atoms with van der Waals surface area (Å²) in [5.41, 5.74) is 10.2. The number of imidazole rings is 1. The van der Waals surface area contributed by atoms with Crippen LogP contribution < -0.4 is 10.6 Å². The fraction of sp³-hybridized carbons (Fsp3) is 0.531. The van der Waals surface area contributed by atoms with E-state index in [1.54, 1.807) is 0 Å². The second kappa shape index (κ2) is 18.1. The Hall–Kier alpha value is -5.67. The van der Waals surface area contributed by atoms with Gasteiger partial charge in [0.1, 0.15) is 17.9 Å². The summed E-state index contributed by atoms with van der Waals surface area (Å²) in [6.45, 7) is 2.89. The Labute approximate surface area is 373 Å². The summed E-state index contributed by atoms with van der Waals surface area (Å²) in [6, 6.07) is 16.2. The second-order valence-corrected chi connectivity index (χ2v) is 18.5. The number of alkyl carbamates (subject to hydrolysis) is 2. The molecule has 64 heavy (non-hydrogen) atoms. The van der Waals surface area contributed by atoms with Crippen molar-refractivity contribution in [3.63, 3.8) is 0 Å². The Morgan fingerprint density at radius 2 is 1.33 bits per heavy atom. The van der Waals surface area contributed by atoms with E-state index in [1.165, 1.54) is 36.5 Å². The molecule has 2 aromatic heterocycles. The highest BCUT2D eigenvalue weighted by Gasteiger charge is 2.51. The number of rotatable bonds is 10. The molecule has 4 amide bonds. The molecule has 0 spiro atoms. The maximum atomic E-state index is 14.5. The molecule has 4 saturated heterocycles. The van der Waals surface area contributed by atoms with E-state index in [0.29, 0.717) is 51.7 Å². The molecule has 0 unspecified atom stereocenters. The van der Waals surface area contributed by atoms with Crippen molar-refractivity contribution in [3.8, 4) is 33.6 Å². The van der Waals surface area contributed by atoms with Gasteiger partial charge in [-0.25, -0.2) is 14.6 Å². The van der Waals surface area contributed by atoms with Crippen LogP contribution in [-0.4, -0.2) is 114 Å². The first-order valence-corrected chi connectivity index (χ1v) is 23.3. The third-order valence-corrected chi connectivity index (χ3v) is 15.0. The van der Waals surface area contributed by atoms with Crippen LogP contribution in [0.5, 0.6) is 0 Å². The molecule has 15 nitrogen and oxygen atoms in total. The van der Waals surface area contributed by atoms with Gasteiger partial charge in [0.25, 0.3) is 0 Å². The molecule has 0 radical (unpaired) electrons. The van der Waals surface area contributed by atoms with E-state index in [9.17, 15) is 19.2 Å². The van der Waals surface area contributed by atoms with E-state index in [0.717, 1.165) is 91.8 Å². The third kappa shape index (κ3) is 8.05. The topological polar surface area (TPSA) is 180 Å². The molecule has 4 aromatic rings. The zero-order chi connectivity index (χ0) is 43.9. The first-order valence-electron chi connectivity index (χ1n) is 23.3. The minimum atomic E-state index is -0.679. The van der Waals surface area contributed by atoms with E-state index >= 15 is 0 Å². The van der Waals surface area contributed by atoms with Gasteiger partial charge in [0, 0.05) is 50.4 Å². The first kappa shape index (κ1) is 42.3. The number of aromatic nitrogens is 3. The zero-order valence-corrected chi connectivity index (χ0v) is 36.7. The van der Waals surface area contributed by atoms with E-state index < -0.39 is 24.3 Å². The monoisotopic (exact) mass is 873 g/mol. The van der Waals surface area contributed by atoms with Gasteiger partial charge in [-0.2, -0.15) is 0 Å². The normalized spacial score (nSPS) is 24.2. The number of aromatic amines is 2. The molecule has 4 aliphatic heterocycles. The van der Waals surface area contributed by atoms with Crippen LogP contribution in [0.15, 0.2) is 54.7 Å². The Morgan fingerprint density at radius 1 is 0.719 bits per heavy atom. The predicted molar refractivity (Wildman–Crippen MR) is 237 cm³/mol. The molecule has 15 heteroatoms. The number of hydrogen-bond donors (Lipinski definition) is 4. The number of likely N-dealkylation sites (tertiary alicyclic amines) is 2. The summed E-state index contributed by atoms with van der Waals surface area (Å²) < 4.78 is 21.0. The minimum Gasteiger partial charge on any atom is -0.453 e. The number of nitrogens with one attached hydrogen (secondary N) is 4. The van der Waals surface area contributed by atoms with Crippen LogP contribution in [0.2, 0.25) is 0 Å². The van der Waals surface area contributed by atoms with Crippen molar-refractivity contribution >= 4 is 24.0 Å². The van der Waals surface area contributed by atoms with Crippen LogP contribution in [0.4, 0.5) is 9.59 Å². The minimum absolute atomic E-state index is 0.00246. The molecule has 4 N–H and O–H groups in total. The molecule has 338 valence electrons. The SMILES string of the molecule is COC(=O)N[C@H](C(=O)N1CCC[C@H]1c1ncc(-c2ccc3c(c2)CCc2cc(-c4ccc([C@@H]5[C@H]6CC[C@H](C6)N5C(=O)[C@@H](NC(=O)OC)C5CCOCC5)[nH]4)ccc2-3)[nH]1)C1CCOCC1. The van der Waals surface area contributed by atoms with Crippen LogP contribution in [0, 0.1) is 17.8 Å². The summed E-state index contributed by atoms with van der Waals surface area (Å²) in [6.07, 6.45) is 10.0. The predicted octanol–water partition coefficient (Wildman–Crippen LogP) is 6.86. The third-order valence-electron chi connectivity index (χ3n) is 15.0. The summed E-state index contributed by atoms with van der Waals surface area (Å²) in [5.74, 6) is 0.970. The molecule has 10 rings (SSSR count). The lowest BCUT2D eigenvalue weighted by atomic mass is 9.83. The summed E-state index contributed by atoms with van der Waals surface area (Å²) in [5, 5.41) is 5.74. The molecule has 2 aromatic carbocycles. The van der Waals surface area contributed by atoms with Crippen LogP contribution in [0.25, 0.3) is 33.6 Å². The molecule has 2 bridgehead atoms. The largest absolute Gasteiger partial charge is 0.453 e. The number of hydrogen-bond acceptors (Lipinski definition) is 9. The Kier molecular flexibility index (Phi) is 11.9. The Morgan fingerprint density at radius 3 is 1.95 bits per heavy atom. The van der Waals surface area contributed by atoms with Crippen molar-refractivity contribution in [1.29, 1.82) is 0 Å². The number of amides is 4. The van der Waals surface area contributed by atoms with Crippen molar-refractivity contribution in [2.75, 3.05) is 47.2 Å². The molecule has 1 saturated carbocycles. The number of fused-ring (bicyclic) bond motifs is 5. The van der Waals surface area contributed by atoms with Gasteiger partial charge < -0.3 is 49.3 Å². The fourth-order valence-electron chi connectivity index (χ4n) is 11.7. The lowest BCUT2D eigenvalue weighted by Crippen LogP contribution is -2.55. The van der Waals surface area contributed by atoms with Crippen LogP contribution in [0.3, 0.4) is 0 Å². The Bertz CT molecular complexity index is 2380. The Balaban J connectivity index is 0.843. The van der Waals surface area contributed by atoms with Gasteiger partial charge in [-0.05, 0) is 146 Å². The molecule has 6 atom stereocenters. The summed E-state index contributed by atoms with van der Waals surface area (Å²) >= 11 is 0. The lowest BCUT2D eigenvalue weighted by Gasteiger charge is -2.39. The van der Waals surface area contributed by atoms with Crippen molar-refractivity contribution in [2.24, 2.45) is 17.8 Å². The number of carbonyl (C=O) groups excluding carboxylic acids is 4. The molecule has 2 aliphatic carbocycles. The van der Waals surface area contributed by atoms with Crippen LogP contribution >= 0.6 is 0 Å². The lowest BCUT2D eigenvalue weighted by molar-refractivity contribution is -0.140. The quantitative estimate of drug-likeness (QED) is 0.133. The van der Waals surface area contributed by atoms with Crippen molar-refractivity contribution in [1.82, 2.24) is 35.4 Å². The molecular weight excluding hydrogens is 815 g/mol. The first-order chi connectivity index (χ1) is 31.3. The van der Waals surface area contributed by atoms with Gasteiger partial charge in [0.15, 0.2) is 0 Å². The number of H-pyrrole nitrogens is 2. The average Bonchev–Trinajstić information content (AvgIpc) is 4.21. The number of carbonyl (C=O) groups is 4. The van der Waals surface area contributed by atoms with Crippen LogP contribution in [-0.2, 0) is 41.4 Å². The smallest absolute Gasteiger partial charge is 0.407 e. The van der Waals surface area contributed by atoms with Gasteiger partial charge in [-0.1, -0.05) is 24.3 Å². The highest BCUT2D eigenvalue weighted by atomic mass is 16.5. The summed E-state index contributed by atoms with van der Waals surface area (Å²) in [4.78, 5) is 69.4. The number of benzene rings is 2. The van der Waals surface area contributed by atoms with Crippen molar-refractivity contribution in [3.05, 3.63) is 77.4 Å². The number of piperidine rings is 1. The van der Waals surface area contributed by atoms with E-state index in [2.05, 4.69) is 74.0 Å². The average molecular weight is 874 g/mol. The van der Waals surface area contributed by atoms with Gasteiger partial charge >= 0.3 is 12.2 Å². The van der Waals surface area contributed by atoms with Crippen molar-refractivity contribution in [2.45, 2.75) is 101 Å². The van der Waals surface area contributed by atoms with E-state index in [1.807, 2.05) is 11.1 Å². The van der Waals surface area contributed by atoms with Gasteiger partial charge in [0.2, 0.25) is 11.8 Å². The zero-order valence-electron chi connectivity index (χ0n) is 36.7. The van der Waals surface area contributed by atoms with Gasteiger partial charge in [0.05, 0.1) is 38.2 Å². The van der Waals surface area contributed by atoms with E-state index in [-0.39, 0.29) is 41.8 Å². The molecule has 5 fully saturated rings. The maximum Gasteiger partial charge on any atom is 0.407 e. The maximum absolute atomic E-state index is 14.5. The molecular formula is C49H59N7O8. The fourth-order valence-corrected chi connectivity index (χ4v) is 11.7. The summed E-state index contributed by atoms with van der Waals surface area (Å²) in [7, 11) is 2.66. The second-order valence-electron chi connectivity index (χ2n) is 18.5.